The third-order valence-electron chi connectivity index (χ3n) is 2.17. The van der Waals surface area contributed by atoms with Crippen LogP contribution in [0.1, 0.15) is 40.0 Å². The Hall–Kier alpha value is -0.0800. The standard InChI is InChI=1S/C11H25NO/c1-5-6-11(9-12-4)7-8-13-10(2)3/h10-12H,5-9H2,1-4H3. The smallest absolute Gasteiger partial charge is 0.0518 e. The summed E-state index contributed by atoms with van der Waals surface area (Å²) in [6.07, 6.45) is 4.14. The first-order valence-electron chi connectivity index (χ1n) is 5.46. The van der Waals surface area contributed by atoms with Gasteiger partial charge < -0.3 is 10.1 Å². The SMILES string of the molecule is CCCC(CCOC(C)C)CNC. The molecule has 80 valence electrons. The van der Waals surface area contributed by atoms with Crippen LogP contribution in [0.25, 0.3) is 0 Å². The van der Waals surface area contributed by atoms with Crippen LogP contribution in [0.2, 0.25) is 0 Å². The molecular formula is C11H25NO. The van der Waals surface area contributed by atoms with Crippen molar-refractivity contribution in [1.29, 1.82) is 0 Å². The molecule has 1 atom stereocenters. The van der Waals surface area contributed by atoms with Gasteiger partial charge in [-0.1, -0.05) is 13.3 Å². The normalized spacial score (nSPS) is 13.6. The van der Waals surface area contributed by atoms with E-state index in [9.17, 15) is 0 Å². The quantitative estimate of drug-likeness (QED) is 0.630. The van der Waals surface area contributed by atoms with Crippen molar-refractivity contribution in [1.82, 2.24) is 5.32 Å². The van der Waals surface area contributed by atoms with E-state index in [2.05, 4.69) is 26.1 Å². The van der Waals surface area contributed by atoms with Crippen LogP contribution in [0.4, 0.5) is 0 Å². The molecule has 0 aromatic heterocycles. The molecule has 0 bridgehead atoms. The third-order valence-corrected chi connectivity index (χ3v) is 2.17. The molecule has 0 rings (SSSR count). The largest absolute Gasteiger partial charge is 0.379 e. The van der Waals surface area contributed by atoms with Crippen molar-refractivity contribution in [3.8, 4) is 0 Å². The van der Waals surface area contributed by atoms with Gasteiger partial charge in [-0.2, -0.15) is 0 Å². The molecule has 0 aliphatic rings. The maximum absolute atomic E-state index is 5.54. The predicted octanol–water partition coefficient (Wildman–Crippen LogP) is 2.44. The second-order valence-corrected chi connectivity index (χ2v) is 3.92. The topological polar surface area (TPSA) is 21.3 Å². The Morgan fingerprint density at radius 1 is 1.23 bits per heavy atom. The Balaban J connectivity index is 3.44. The number of ether oxygens (including phenoxy) is 1. The minimum Gasteiger partial charge on any atom is -0.379 e. The first-order chi connectivity index (χ1) is 6.20. The van der Waals surface area contributed by atoms with E-state index in [0.29, 0.717) is 6.10 Å². The molecule has 0 saturated carbocycles. The van der Waals surface area contributed by atoms with Crippen molar-refractivity contribution in [3.05, 3.63) is 0 Å². The van der Waals surface area contributed by atoms with Crippen molar-refractivity contribution in [2.45, 2.75) is 46.1 Å². The number of hydrogen-bond donors (Lipinski definition) is 1. The van der Waals surface area contributed by atoms with Gasteiger partial charge in [0.05, 0.1) is 6.10 Å². The molecule has 1 N–H and O–H groups in total. The molecule has 0 spiro atoms. The van der Waals surface area contributed by atoms with E-state index in [1.165, 1.54) is 19.3 Å². The molecule has 0 amide bonds. The molecule has 2 nitrogen and oxygen atoms in total. The van der Waals surface area contributed by atoms with Crippen LogP contribution in [0.3, 0.4) is 0 Å². The lowest BCUT2D eigenvalue weighted by molar-refractivity contribution is 0.0676. The van der Waals surface area contributed by atoms with Gasteiger partial charge in [-0.15, -0.1) is 0 Å². The lowest BCUT2D eigenvalue weighted by Gasteiger charge is -2.16. The van der Waals surface area contributed by atoms with Crippen LogP contribution in [0, 0.1) is 5.92 Å². The van der Waals surface area contributed by atoms with Gasteiger partial charge in [0, 0.05) is 6.61 Å². The van der Waals surface area contributed by atoms with Crippen LogP contribution in [0.5, 0.6) is 0 Å². The van der Waals surface area contributed by atoms with Gasteiger partial charge in [0.1, 0.15) is 0 Å². The van der Waals surface area contributed by atoms with Crippen LogP contribution < -0.4 is 5.32 Å². The summed E-state index contributed by atoms with van der Waals surface area (Å²) >= 11 is 0. The zero-order valence-electron chi connectivity index (χ0n) is 9.60. The predicted molar refractivity (Wildman–Crippen MR) is 58.0 cm³/mol. The van der Waals surface area contributed by atoms with E-state index < -0.39 is 0 Å². The Labute approximate surface area is 83.1 Å². The average Bonchev–Trinajstić information content (AvgIpc) is 2.04. The van der Waals surface area contributed by atoms with Crippen molar-refractivity contribution >= 4 is 0 Å². The summed E-state index contributed by atoms with van der Waals surface area (Å²) in [6, 6.07) is 0. The molecule has 0 radical (unpaired) electrons. The van der Waals surface area contributed by atoms with Gasteiger partial charge in [0.25, 0.3) is 0 Å². The summed E-state index contributed by atoms with van der Waals surface area (Å²) in [4.78, 5) is 0. The monoisotopic (exact) mass is 187 g/mol. The maximum Gasteiger partial charge on any atom is 0.0518 e. The molecule has 0 fully saturated rings. The molecule has 0 saturated heterocycles. The lowest BCUT2D eigenvalue weighted by Crippen LogP contribution is -2.20. The number of nitrogens with one attached hydrogen (secondary N) is 1. The van der Waals surface area contributed by atoms with E-state index >= 15 is 0 Å². The zero-order chi connectivity index (χ0) is 10.1. The van der Waals surface area contributed by atoms with Gasteiger partial charge in [0.15, 0.2) is 0 Å². The third kappa shape index (κ3) is 8.26. The minimum atomic E-state index is 0.372. The van der Waals surface area contributed by atoms with Gasteiger partial charge in [-0.05, 0) is 46.2 Å². The molecule has 2 heteroatoms. The summed E-state index contributed by atoms with van der Waals surface area (Å²) < 4.78 is 5.54. The fourth-order valence-corrected chi connectivity index (χ4v) is 1.52. The Kier molecular flexibility index (Phi) is 8.46. The fraction of sp³-hybridized carbons (Fsp3) is 1.00. The summed E-state index contributed by atoms with van der Waals surface area (Å²) in [6.45, 7) is 8.45. The second kappa shape index (κ2) is 8.52. The molecule has 0 aliphatic carbocycles. The second-order valence-electron chi connectivity index (χ2n) is 3.92. The van der Waals surface area contributed by atoms with Crippen LogP contribution in [-0.4, -0.2) is 26.3 Å². The van der Waals surface area contributed by atoms with Gasteiger partial charge in [-0.3, -0.25) is 0 Å². The summed E-state index contributed by atoms with van der Waals surface area (Å²) in [5.74, 6) is 0.786. The van der Waals surface area contributed by atoms with Crippen molar-refractivity contribution in [2.75, 3.05) is 20.2 Å². The summed E-state index contributed by atoms with van der Waals surface area (Å²) in [5.41, 5.74) is 0. The van der Waals surface area contributed by atoms with Crippen LogP contribution in [0.15, 0.2) is 0 Å². The fourth-order valence-electron chi connectivity index (χ4n) is 1.52. The molecule has 0 aromatic rings. The first-order valence-corrected chi connectivity index (χ1v) is 5.46. The van der Waals surface area contributed by atoms with E-state index in [1.807, 2.05) is 7.05 Å². The number of rotatable bonds is 8. The Morgan fingerprint density at radius 2 is 1.92 bits per heavy atom. The van der Waals surface area contributed by atoms with E-state index in [-0.39, 0.29) is 0 Å². The highest BCUT2D eigenvalue weighted by atomic mass is 16.5. The molecule has 0 aliphatic heterocycles. The van der Waals surface area contributed by atoms with E-state index in [1.54, 1.807) is 0 Å². The molecule has 0 aromatic carbocycles. The van der Waals surface area contributed by atoms with Gasteiger partial charge in [-0.25, -0.2) is 0 Å². The van der Waals surface area contributed by atoms with Crippen molar-refractivity contribution in [2.24, 2.45) is 5.92 Å². The molecule has 0 heterocycles. The van der Waals surface area contributed by atoms with Crippen LogP contribution >= 0.6 is 0 Å². The Bertz CT molecular complexity index is 98.3. The highest BCUT2D eigenvalue weighted by Gasteiger charge is 2.06. The molecule has 1 unspecified atom stereocenters. The minimum absolute atomic E-state index is 0.372. The Morgan fingerprint density at radius 3 is 2.38 bits per heavy atom. The highest BCUT2D eigenvalue weighted by Crippen LogP contribution is 2.10. The first kappa shape index (κ1) is 12.9. The summed E-state index contributed by atoms with van der Waals surface area (Å²) in [5, 5.41) is 3.24. The van der Waals surface area contributed by atoms with E-state index in [0.717, 1.165) is 19.1 Å². The van der Waals surface area contributed by atoms with Gasteiger partial charge in [0.2, 0.25) is 0 Å². The van der Waals surface area contributed by atoms with Crippen molar-refractivity contribution < 1.29 is 4.74 Å². The van der Waals surface area contributed by atoms with Crippen LogP contribution in [-0.2, 0) is 4.74 Å². The molecule has 13 heavy (non-hydrogen) atoms. The lowest BCUT2D eigenvalue weighted by atomic mass is 10.0. The average molecular weight is 187 g/mol. The summed E-state index contributed by atoms with van der Waals surface area (Å²) in [7, 11) is 2.02. The molecular weight excluding hydrogens is 162 g/mol. The van der Waals surface area contributed by atoms with Gasteiger partial charge >= 0.3 is 0 Å². The maximum atomic E-state index is 5.54. The highest BCUT2D eigenvalue weighted by molar-refractivity contribution is 4.60. The van der Waals surface area contributed by atoms with Crippen molar-refractivity contribution in [3.63, 3.8) is 0 Å². The van der Waals surface area contributed by atoms with E-state index in [4.69, 9.17) is 4.74 Å². The number of hydrogen-bond acceptors (Lipinski definition) is 2. The zero-order valence-corrected chi connectivity index (χ0v) is 9.60.